The first-order chi connectivity index (χ1) is 3.30. The lowest BCUT2D eigenvalue weighted by molar-refractivity contribution is 0.942. The van der Waals surface area contributed by atoms with Crippen molar-refractivity contribution >= 4 is 8.80 Å². The largest absolute Gasteiger partial charge is 0.104 e. The summed E-state index contributed by atoms with van der Waals surface area (Å²) in [6.07, 6.45) is 1.49. The van der Waals surface area contributed by atoms with Crippen LogP contribution in [0.1, 0.15) is 13.3 Å². The highest BCUT2D eigenvalue weighted by Gasteiger charge is 2.18. The Hall–Kier alpha value is -0.0431. The molecule has 0 spiro atoms. The standard InChI is InChI=1S/C6H12Si/c1-6(2)7-4-3-5-7/h7H,1,3-5H2,2H3. The van der Waals surface area contributed by atoms with Gasteiger partial charge in [-0.15, -0.1) is 6.58 Å². The summed E-state index contributed by atoms with van der Waals surface area (Å²) in [6.45, 7) is 6.13. The molecule has 7 heavy (non-hydrogen) atoms. The number of rotatable bonds is 1. The molecule has 0 aromatic carbocycles. The minimum absolute atomic E-state index is 0.269. The molecule has 0 atom stereocenters. The Morgan fingerprint density at radius 1 is 1.57 bits per heavy atom. The van der Waals surface area contributed by atoms with Gasteiger partial charge in [-0.2, -0.15) is 0 Å². The van der Waals surface area contributed by atoms with Gasteiger partial charge in [0.05, 0.1) is 8.80 Å². The molecular weight excluding hydrogens is 100 g/mol. The molecule has 0 unspecified atom stereocenters. The quantitative estimate of drug-likeness (QED) is 0.453. The molecule has 40 valence electrons. The third-order valence-corrected chi connectivity index (χ3v) is 5.41. The van der Waals surface area contributed by atoms with E-state index in [2.05, 4.69) is 13.5 Å². The lowest BCUT2D eigenvalue weighted by Crippen LogP contribution is -2.22. The van der Waals surface area contributed by atoms with Crippen molar-refractivity contribution in [2.75, 3.05) is 0 Å². The van der Waals surface area contributed by atoms with Crippen molar-refractivity contribution in [3.05, 3.63) is 11.8 Å². The summed E-state index contributed by atoms with van der Waals surface area (Å²) >= 11 is 0. The van der Waals surface area contributed by atoms with E-state index >= 15 is 0 Å². The summed E-state index contributed by atoms with van der Waals surface area (Å²) < 4.78 is 0. The zero-order chi connectivity index (χ0) is 5.28. The lowest BCUT2D eigenvalue weighted by Gasteiger charge is -2.23. The van der Waals surface area contributed by atoms with Crippen LogP contribution in [-0.2, 0) is 0 Å². The van der Waals surface area contributed by atoms with E-state index in [1.165, 1.54) is 23.7 Å². The Bertz CT molecular complexity index is 82.2. The summed E-state index contributed by atoms with van der Waals surface area (Å²) in [5, 5.41) is 1.52. The first kappa shape index (κ1) is 5.10. The summed E-state index contributed by atoms with van der Waals surface area (Å²) in [6, 6.07) is 3.07. The van der Waals surface area contributed by atoms with Gasteiger partial charge in [0, 0.05) is 0 Å². The van der Waals surface area contributed by atoms with Gasteiger partial charge in [0.2, 0.25) is 0 Å². The molecule has 1 heterocycles. The second-order valence-corrected chi connectivity index (χ2v) is 6.01. The predicted molar refractivity (Wildman–Crippen MR) is 36.2 cm³/mol. The van der Waals surface area contributed by atoms with Crippen molar-refractivity contribution < 1.29 is 0 Å². The van der Waals surface area contributed by atoms with E-state index in [1.807, 2.05) is 0 Å². The fourth-order valence-corrected chi connectivity index (χ4v) is 2.70. The summed E-state index contributed by atoms with van der Waals surface area (Å²) in [5.74, 6) is 0. The molecule has 0 aromatic rings. The van der Waals surface area contributed by atoms with E-state index in [0.29, 0.717) is 0 Å². The van der Waals surface area contributed by atoms with Crippen molar-refractivity contribution in [1.29, 1.82) is 0 Å². The average molecular weight is 112 g/mol. The Morgan fingerprint density at radius 2 is 2.14 bits per heavy atom. The first-order valence-electron chi connectivity index (χ1n) is 2.96. The van der Waals surface area contributed by atoms with Crippen LogP contribution in [0.3, 0.4) is 0 Å². The van der Waals surface area contributed by atoms with Crippen molar-refractivity contribution in [2.45, 2.75) is 25.4 Å². The molecule has 0 aromatic heterocycles. The SMILES string of the molecule is C=C(C)[SiH]1CCC1. The summed E-state index contributed by atoms with van der Waals surface area (Å²) in [7, 11) is -0.269. The highest BCUT2D eigenvalue weighted by molar-refractivity contribution is 6.69. The molecule has 1 heteroatoms. The van der Waals surface area contributed by atoms with Gasteiger partial charge in [0.1, 0.15) is 0 Å². The van der Waals surface area contributed by atoms with Crippen molar-refractivity contribution in [3.63, 3.8) is 0 Å². The molecule has 0 saturated carbocycles. The Balaban J connectivity index is 2.27. The molecule has 0 aliphatic carbocycles. The molecule has 0 N–H and O–H groups in total. The Kier molecular flexibility index (Phi) is 1.33. The van der Waals surface area contributed by atoms with Gasteiger partial charge in [0.25, 0.3) is 0 Å². The number of allylic oxidation sites excluding steroid dienone is 1. The smallest absolute Gasteiger partial charge is 0.0645 e. The van der Waals surface area contributed by atoms with E-state index in [4.69, 9.17) is 0 Å². The molecular formula is C6H12Si. The molecule has 0 bridgehead atoms. The summed E-state index contributed by atoms with van der Waals surface area (Å²) in [4.78, 5) is 0. The first-order valence-corrected chi connectivity index (χ1v) is 5.17. The van der Waals surface area contributed by atoms with Gasteiger partial charge in [-0.05, 0) is 6.92 Å². The maximum atomic E-state index is 3.94. The Morgan fingerprint density at radius 3 is 2.14 bits per heavy atom. The minimum Gasteiger partial charge on any atom is -0.104 e. The monoisotopic (exact) mass is 112 g/mol. The van der Waals surface area contributed by atoms with Gasteiger partial charge in [-0.3, -0.25) is 0 Å². The summed E-state index contributed by atoms with van der Waals surface area (Å²) in [5.41, 5.74) is 0. The van der Waals surface area contributed by atoms with E-state index in [1.54, 1.807) is 0 Å². The van der Waals surface area contributed by atoms with E-state index in [0.717, 1.165) is 0 Å². The van der Waals surface area contributed by atoms with Crippen LogP contribution < -0.4 is 0 Å². The van der Waals surface area contributed by atoms with Crippen molar-refractivity contribution in [1.82, 2.24) is 0 Å². The number of hydrogen-bond acceptors (Lipinski definition) is 0. The van der Waals surface area contributed by atoms with Crippen LogP contribution in [0.4, 0.5) is 0 Å². The van der Waals surface area contributed by atoms with Crippen molar-refractivity contribution in [3.8, 4) is 0 Å². The second kappa shape index (κ2) is 1.82. The van der Waals surface area contributed by atoms with Gasteiger partial charge >= 0.3 is 0 Å². The molecule has 0 amide bonds. The van der Waals surface area contributed by atoms with Gasteiger partial charge in [-0.25, -0.2) is 0 Å². The molecule has 1 aliphatic rings. The highest BCUT2D eigenvalue weighted by atomic mass is 28.3. The van der Waals surface area contributed by atoms with Crippen LogP contribution in [0, 0.1) is 0 Å². The fraction of sp³-hybridized carbons (Fsp3) is 0.667. The van der Waals surface area contributed by atoms with Crippen molar-refractivity contribution in [2.24, 2.45) is 0 Å². The van der Waals surface area contributed by atoms with Crippen LogP contribution in [0.15, 0.2) is 11.8 Å². The molecule has 1 aliphatic heterocycles. The second-order valence-electron chi connectivity index (χ2n) is 2.47. The van der Waals surface area contributed by atoms with Crippen LogP contribution in [0.25, 0.3) is 0 Å². The van der Waals surface area contributed by atoms with E-state index in [-0.39, 0.29) is 8.80 Å². The molecule has 1 rings (SSSR count). The van der Waals surface area contributed by atoms with E-state index < -0.39 is 0 Å². The molecule has 1 fully saturated rings. The Labute approximate surface area is 46.8 Å². The zero-order valence-corrected chi connectivity index (χ0v) is 6.06. The molecule has 1 saturated heterocycles. The normalized spacial score (nSPS) is 21.3. The van der Waals surface area contributed by atoms with Gasteiger partial charge in [0.15, 0.2) is 0 Å². The maximum absolute atomic E-state index is 3.94. The van der Waals surface area contributed by atoms with Crippen LogP contribution in [0.5, 0.6) is 0 Å². The average Bonchev–Trinajstić information content (AvgIpc) is 1.23. The molecule has 0 nitrogen and oxygen atoms in total. The third-order valence-electron chi connectivity index (χ3n) is 1.80. The maximum Gasteiger partial charge on any atom is 0.0645 e. The van der Waals surface area contributed by atoms with Crippen LogP contribution in [-0.4, -0.2) is 8.80 Å². The molecule has 0 radical (unpaired) electrons. The predicted octanol–water partition coefficient (Wildman–Crippen LogP) is 1.73. The lowest BCUT2D eigenvalue weighted by atomic mass is 10.5. The fourth-order valence-electron chi connectivity index (χ4n) is 0.901. The number of hydrogen-bond donors (Lipinski definition) is 0. The van der Waals surface area contributed by atoms with Gasteiger partial charge < -0.3 is 0 Å². The van der Waals surface area contributed by atoms with Gasteiger partial charge in [-0.1, -0.05) is 23.7 Å². The van der Waals surface area contributed by atoms with Crippen LogP contribution in [0.2, 0.25) is 12.1 Å². The minimum atomic E-state index is -0.269. The zero-order valence-electron chi connectivity index (χ0n) is 4.91. The van der Waals surface area contributed by atoms with E-state index in [9.17, 15) is 0 Å². The third kappa shape index (κ3) is 0.941. The van der Waals surface area contributed by atoms with Crippen LogP contribution >= 0.6 is 0 Å². The highest BCUT2D eigenvalue weighted by Crippen LogP contribution is 2.24. The topological polar surface area (TPSA) is 0 Å².